The number of ether oxygens (including phenoxy) is 2. The fourth-order valence-corrected chi connectivity index (χ4v) is 7.89. The summed E-state index contributed by atoms with van der Waals surface area (Å²) >= 11 is 1.47. The first-order valence-electron chi connectivity index (χ1n) is 17.9. The molecule has 1 aliphatic rings. The SMILES string of the molecule is COc1cc(CCC(=O)NCC2CCOC2)ccc1-c1ccc(C(=O)NS(=O)(=O)c2ccc(N[C@@H](CSc3ccccc3)CC(=O)N(C)C)c([N+](=O)[O-])c2)cc1. The Kier molecular flexibility index (Phi) is 14.5. The lowest BCUT2D eigenvalue weighted by atomic mass is 9.99. The number of nitro groups is 1. The van der Waals surface area contributed by atoms with Gasteiger partial charge in [0.05, 0.1) is 23.5 Å². The Morgan fingerprint density at radius 1 is 1.02 bits per heavy atom. The fourth-order valence-electron chi connectivity index (χ4n) is 5.95. The molecular weight excluding hydrogens is 759 g/mol. The predicted octanol–water partition coefficient (Wildman–Crippen LogP) is 5.53. The number of benzene rings is 4. The molecule has 4 aromatic rings. The van der Waals surface area contributed by atoms with Crippen LogP contribution in [-0.4, -0.2) is 88.7 Å². The van der Waals surface area contributed by atoms with Crippen LogP contribution in [0.1, 0.15) is 35.2 Å². The van der Waals surface area contributed by atoms with E-state index < -0.39 is 37.5 Å². The highest BCUT2D eigenvalue weighted by atomic mass is 32.2. The average Bonchev–Trinajstić information content (AvgIpc) is 3.72. The van der Waals surface area contributed by atoms with Crippen molar-refractivity contribution in [3.63, 3.8) is 0 Å². The van der Waals surface area contributed by atoms with Gasteiger partial charge in [0.15, 0.2) is 0 Å². The minimum absolute atomic E-state index is 0.0282. The maximum Gasteiger partial charge on any atom is 0.293 e. The molecule has 1 aliphatic heterocycles. The summed E-state index contributed by atoms with van der Waals surface area (Å²) < 4.78 is 39.6. The van der Waals surface area contributed by atoms with Crippen molar-refractivity contribution in [3.05, 3.63) is 112 Å². The van der Waals surface area contributed by atoms with E-state index in [0.29, 0.717) is 49.0 Å². The Hall–Kier alpha value is -5.45. The third kappa shape index (κ3) is 11.5. The Bertz CT molecular complexity index is 2130. The Morgan fingerprint density at radius 3 is 2.43 bits per heavy atom. The molecule has 1 saturated heterocycles. The minimum Gasteiger partial charge on any atom is -0.496 e. The van der Waals surface area contributed by atoms with E-state index in [4.69, 9.17) is 9.47 Å². The number of nitro benzene ring substituents is 1. The van der Waals surface area contributed by atoms with Crippen molar-refractivity contribution in [2.24, 2.45) is 5.92 Å². The van der Waals surface area contributed by atoms with E-state index in [2.05, 4.69) is 10.6 Å². The largest absolute Gasteiger partial charge is 0.496 e. The Labute approximate surface area is 330 Å². The molecule has 3 N–H and O–H groups in total. The first-order valence-corrected chi connectivity index (χ1v) is 20.4. The molecule has 2 atom stereocenters. The molecule has 296 valence electrons. The van der Waals surface area contributed by atoms with E-state index in [1.807, 2.05) is 53.3 Å². The van der Waals surface area contributed by atoms with E-state index in [1.54, 1.807) is 26.2 Å². The number of anilines is 1. The molecule has 4 aromatic carbocycles. The lowest BCUT2D eigenvalue weighted by Crippen LogP contribution is -2.32. The normalized spacial score (nSPS) is 14.4. The number of carbonyl (C=O) groups excluding carboxylic acids is 3. The molecule has 0 aliphatic carbocycles. The molecule has 0 aromatic heterocycles. The van der Waals surface area contributed by atoms with Crippen molar-refractivity contribution in [2.45, 2.75) is 41.5 Å². The summed E-state index contributed by atoms with van der Waals surface area (Å²) in [4.78, 5) is 51.4. The minimum atomic E-state index is -4.53. The standard InChI is InChI=1S/C40H45N5O9S2/c1-44(2)39(47)22-31(26-55-32-7-5-4-6-8-32)42-35-17-15-33(23-36(35)45(49)50)56(51,52)43-40(48)30-13-11-29(12-14-30)34-16-9-27(21-37(34)53-3)10-18-38(46)41-24-28-19-20-54-25-28/h4-9,11-17,21,23,28,31,42H,10,18-20,22,24-26H2,1-3H3,(H,41,46)(H,43,48)/t28?,31-/m1/s1. The molecule has 56 heavy (non-hydrogen) atoms. The summed E-state index contributed by atoms with van der Waals surface area (Å²) in [5.41, 5.74) is 1.89. The molecular formula is C40H45N5O9S2. The van der Waals surface area contributed by atoms with Gasteiger partial charge in [-0.2, -0.15) is 0 Å². The molecule has 0 radical (unpaired) electrons. The second-order valence-electron chi connectivity index (χ2n) is 13.5. The van der Waals surface area contributed by atoms with Gasteiger partial charge < -0.3 is 25.0 Å². The van der Waals surface area contributed by atoms with Crippen molar-refractivity contribution in [1.82, 2.24) is 14.9 Å². The molecule has 0 spiro atoms. The monoisotopic (exact) mass is 803 g/mol. The summed E-state index contributed by atoms with van der Waals surface area (Å²) in [7, 11) is 0.235. The van der Waals surface area contributed by atoms with Gasteiger partial charge in [-0.3, -0.25) is 24.5 Å². The molecule has 14 nitrogen and oxygen atoms in total. The van der Waals surface area contributed by atoms with Crippen LogP contribution >= 0.6 is 11.8 Å². The number of hydrogen-bond acceptors (Lipinski definition) is 11. The van der Waals surface area contributed by atoms with Crippen molar-refractivity contribution in [2.75, 3.05) is 52.0 Å². The highest BCUT2D eigenvalue weighted by Gasteiger charge is 2.26. The number of rotatable bonds is 18. The van der Waals surface area contributed by atoms with E-state index in [1.165, 1.54) is 42.0 Å². The lowest BCUT2D eigenvalue weighted by molar-refractivity contribution is -0.384. The van der Waals surface area contributed by atoms with Crippen molar-refractivity contribution < 1.29 is 37.2 Å². The van der Waals surface area contributed by atoms with E-state index in [0.717, 1.165) is 41.2 Å². The fraction of sp³-hybridized carbons (Fsp3) is 0.325. The number of amides is 3. The number of nitrogens with zero attached hydrogens (tertiary/aromatic N) is 2. The van der Waals surface area contributed by atoms with Gasteiger partial charge in [-0.05, 0) is 66.4 Å². The summed E-state index contributed by atoms with van der Waals surface area (Å²) in [6.07, 6.45) is 1.83. The molecule has 3 amide bonds. The van der Waals surface area contributed by atoms with Crippen LogP contribution < -0.4 is 20.1 Å². The van der Waals surface area contributed by atoms with Crippen LogP contribution in [0.15, 0.2) is 101 Å². The number of sulfonamides is 1. The zero-order valence-corrected chi connectivity index (χ0v) is 33.0. The number of carbonyl (C=O) groups is 3. The van der Waals surface area contributed by atoms with E-state index >= 15 is 0 Å². The van der Waals surface area contributed by atoms with Crippen LogP contribution in [0.3, 0.4) is 0 Å². The number of thioether (sulfide) groups is 1. The number of aryl methyl sites for hydroxylation is 1. The molecule has 0 bridgehead atoms. The van der Waals surface area contributed by atoms with Crippen LogP contribution in [0.25, 0.3) is 11.1 Å². The summed E-state index contributed by atoms with van der Waals surface area (Å²) in [5, 5.41) is 18.2. The Morgan fingerprint density at radius 2 is 1.77 bits per heavy atom. The van der Waals surface area contributed by atoms with E-state index in [-0.39, 0.29) is 29.5 Å². The first kappa shape index (κ1) is 41.7. The highest BCUT2D eigenvalue weighted by molar-refractivity contribution is 7.99. The maximum absolute atomic E-state index is 13.3. The van der Waals surface area contributed by atoms with Gasteiger partial charge in [0.25, 0.3) is 21.6 Å². The van der Waals surface area contributed by atoms with Gasteiger partial charge >= 0.3 is 0 Å². The van der Waals surface area contributed by atoms with Crippen molar-refractivity contribution in [3.8, 4) is 16.9 Å². The molecule has 1 heterocycles. The van der Waals surface area contributed by atoms with Crippen LogP contribution in [0.2, 0.25) is 0 Å². The number of nitrogens with one attached hydrogen (secondary N) is 3. The van der Waals surface area contributed by atoms with Crippen molar-refractivity contribution >= 4 is 50.9 Å². The van der Waals surface area contributed by atoms with Crippen LogP contribution in [0.5, 0.6) is 5.75 Å². The first-order chi connectivity index (χ1) is 26.8. The predicted molar refractivity (Wildman–Crippen MR) is 214 cm³/mol. The molecule has 5 rings (SSSR count). The van der Waals surface area contributed by atoms with Gasteiger partial charge in [-0.15, -0.1) is 11.8 Å². The Balaban J connectivity index is 1.23. The van der Waals surface area contributed by atoms with Gasteiger partial charge in [-0.25, -0.2) is 13.1 Å². The van der Waals surface area contributed by atoms with Gasteiger partial charge in [0.2, 0.25) is 11.8 Å². The van der Waals surface area contributed by atoms with Gasteiger partial charge in [0.1, 0.15) is 11.4 Å². The number of methoxy groups -OCH3 is 1. The van der Waals surface area contributed by atoms with E-state index in [9.17, 15) is 32.9 Å². The highest BCUT2D eigenvalue weighted by Crippen LogP contribution is 2.33. The summed E-state index contributed by atoms with van der Waals surface area (Å²) in [6, 6.07) is 24.1. The van der Waals surface area contributed by atoms with Gasteiger partial charge in [-0.1, -0.05) is 42.5 Å². The lowest BCUT2D eigenvalue weighted by Gasteiger charge is -2.21. The van der Waals surface area contributed by atoms with Crippen LogP contribution in [-0.2, 0) is 30.8 Å². The number of hydrogen-bond donors (Lipinski definition) is 3. The second-order valence-corrected chi connectivity index (χ2v) is 16.2. The zero-order valence-electron chi connectivity index (χ0n) is 31.4. The van der Waals surface area contributed by atoms with Crippen molar-refractivity contribution in [1.29, 1.82) is 0 Å². The van der Waals surface area contributed by atoms with Crippen LogP contribution in [0.4, 0.5) is 11.4 Å². The molecule has 1 fully saturated rings. The third-order valence-electron chi connectivity index (χ3n) is 9.15. The van der Waals surface area contributed by atoms with Crippen LogP contribution in [0, 0.1) is 16.0 Å². The molecule has 0 saturated carbocycles. The smallest absolute Gasteiger partial charge is 0.293 e. The summed E-state index contributed by atoms with van der Waals surface area (Å²) in [6.45, 7) is 2.00. The maximum atomic E-state index is 13.3. The van der Waals surface area contributed by atoms with Gasteiger partial charge in [0, 0.05) is 79.9 Å². The quantitative estimate of drug-likeness (QED) is 0.0653. The topological polar surface area (TPSA) is 186 Å². The summed E-state index contributed by atoms with van der Waals surface area (Å²) in [5.74, 6) is 0.163. The average molecular weight is 804 g/mol. The third-order valence-corrected chi connectivity index (χ3v) is 11.7. The molecule has 1 unspecified atom stereocenters. The zero-order chi connectivity index (χ0) is 40.2. The second kappa shape index (κ2) is 19.4. The molecule has 16 heteroatoms.